The third-order valence-corrected chi connectivity index (χ3v) is 3.62. The Morgan fingerprint density at radius 2 is 2.37 bits per heavy atom. The largest absolute Gasteiger partial charge is 0.396 e. The summed E-state index contributed by atoms with van der Waals surface area (Å²) in [5.41, 5.74) is 3.20. The molecule has 0 bridgehead atoms. The predicted octanol–water partition coefficient (Wildman–Crippen LogP) is 1.08. The first-order valence-electron chi connectivity index (χ1n) is 6.93. The zero-order valence-electron chi connectivity index (χ0n) is 11.4. The monoisotopic (exact) mass is 262 g/mol. The molecular weight excluding hydrogens is 240 g/mol. The lowest BCUT2D eigenvalue weighted by Crippen LogP contribution is -2.31. The molecule has 0 radical (unpaired) electrons. The summed E-state index contributed by atoms with van der Waals surface area (Å²) in [5.74, 6) is 0.304. The molecule has 3 N–H and O–H groups in total. The van der Waals surface area contributed by atoms with E-state index in [4.69, 9.17) is 5.11 Å². The van der Waals surface area contributed by atoms with Gasteiger partial charge >= 0.3 is 0 Å². The lowest BCUT2D eigenvalue weighted by molar-refractivity contribution is 0.0944. The van der Waals surface area contributed by atoms with E-state index in [-0.39, 0.29) is 12.5 Å². The highest BCUT2D eigenvalue weighted by atomic mass is 16.3. The van der Waals surface area contributed by atoms with Gasteiger partial charge in [-0.3, -0.25) is 4.79 Å². The summed E-state index contributed by atoms with van der Waals surface area (Å²) in [6, 6.07) is 5.92. The molecule has 4 heteroatoms. The molecule has 0 aromatic heterocycles. The van der Waals surface area contributed by atoms with Crippen molar-refractivity contribution in [2.75, 3.05) is 19.7 Å². The third-order valence-electron chi connectivity index (χ3n) is 3.62. The molecule has 1 unspecified atom stereocenters. The summed E-state index contributed by atoms with van der Waals surface area (Å²) in [5, 5.41) is 15.1. The van der Waals surface area contributed by atoms with Gasteiger partial charge in [0.2, 0.25) is 0 Å². The molecule has 4 nitrogen and oxygen atoms in total. The van der Waals surface area contributed by atoms with E-state index in [9.17, 15) is 4.79 Å². The smallest absolute Gasteiger partial charge is 0.251 e. The molecule has 19 heavy (non-hydrogen) atoms. The summed E-state index contributed by atoms with van der Waals surface area (Å²) in [4.78, 5) is 12.2. The van der Waals surface area contributed by atoms with Crippen molar-refractivity contribution in [3.8, 4) is 0 Å². The van der Waals surface area contributed by atoms with Crippen LogP contribution in [-0.4, -0.2) is 30.7 Å². The van der Waals surface area contributed by atoms with Crippen LogP contribution in [0.25, 0.3) is 0 Å². The van der Waals surface area contributed by atoms with Crippen molar-refractivity contribution in [2.45, 2.75) is 26.3 Å². The average Bonchev–Trinajstić information content (AvgIpc) is 2.44. The fourth-order valence-corrected chi connectivity index (χ4v) is 2.43. The van der Waals surface area contributed by atoms with Gasteiger partial charge < -0.3 is 15.7 Å². The minimum absolute atomic E-state index is 0.00328. The van der Waals surface area contributed by atoms with Crippen LogP contribution in [-0.2, 0) is 13.0 Å². The zero-order valence-corrected chi connectivity index (χ0v) is 11.4. The maximum Gasteiger partial charge on any atom is 0.251 e. The summed E-state index contributed by atoms with van der Waals surface area (Å²) >= 11 is 0. The number of carbonyl (C=O) groups excluding carboxylic acids is 1. The highest BCUT2D eigenvalue weighted by molar-refractivity contribution is 5.96. The minimum atomic E-state index is 0.00328. The van der Waals surface area contributed by atoms with Gasteiger partial charge in [-0.1, -0.05) is 19.1 Å². The van der Waals surface area contributed by atoms with Crippen LogP contribution in [0.15, 0.2) is 18.2 Å². The van der Waals surface area contributed by atoms with E-state index < -0.39 is 0 Å². The molecule has 1 aromatic carbocycles. The van der Waals surface area contributed by atoms with E-state index in [0.29, 0.717) is 12.5 Å². The van der Waals surface area contributed by atoms with Gasteiger partial charge in [0.15, 0.2) is 0 Å². The van der Waals surface area contributed by atoms with Crippen LogP contribution in [0.5, 0.6) is 0 Å². The number of rotatable bonds is 5. The second kappa shape index (κ2) is 6.68. The standard InChI is InChI=1S/C15H22N2O2/c1-11(6-8-18)9-17-15(19)14-4-2-3-12-10-16-7-5-13(12)14/h2-4,11,16,18H,5-10H2,1H3,(H,17,19). The molecule has 1 aliphatic rings. The van der Waals surface area contributed by atoms with Crippen molar-refractivity contribution < 1.29 is 9.90 Å². The molecule has 2 rings (SSSR count). The first-order chi connectivity index (χ1) is 9.22. The molecule has 1 aromatic rings. The lowest BCUT2D eigenvalue weighted by Gasteiger charge is -2.20. The Hall–Kier alpha value is -1.39. The number of hydrogen-bond donors (Lipinski definition) is 3. The molecule has 104 valence electrons. The SMILES string of the molecule is CC(CCO)CNC(=O)c1cccc2c1CCNC2. The first-order valence-corrected chi connectivity index (χ1v) is 6.93. The average molecular weight is 262 g/mol. The van der Waals surface area contributed by atoms with Crippen molar-refractivity contribution in [1.82, 2.24) is 10.6 Å². The highest BCUT2D eigenvalue weighted by Gasteiger charge is 2.17. The van der Waals surface area contributed by atoms with E-state index in [1.165, 1.54) is 11.1 Å². The highest BCUT2D eigenvalue weighted by Crippen LogP contribution is 2.18. The zero-order chi connectivity index (χ0) is 13.7. The van der Waals surface area contributed by atoms with Crippen molar-refractivity contribution >= 4 is 5.91 Å². The molecule has 1 aliphatic heterocycles. The Balaban J connectivity index is 2.03. The van der Waals surface area contributed by atoms with Gasteiger partial charge in [-0.05, 0) is 42.5 Å². The Morgan fingerprint density at radius 1 is 1.53 bits per heavy atom. The van der Waals surface area contributed by atoms with Crippen molar-refractivity contribution in [3.05, 3.63) is 34.9 Å². The van der Waals surface area contributed by atoms with Crippen molar-refractivity contribution in [1.29, 1.82) is 0 Å². The van der Waals surface area contributed by atoms with Gasteiger partial charge in [-0.25, -0.2) is 0 Å². The van der Waals surface area contributed by atoms with E-state index in [2.05, 4.69) is 16.7 Å². The van der Waals surface area contributed by atoms with Gasteiger partial charge in [0.05, 0.1) is 0 Å². The van der Waals surface area contributed by atoms with Crippen LogP contribution in [0, 0.1) is 5.92 Å². The van der Waals surface area contributed by atoms with Crippen LogP contribution in [0.3, 0.4) is 0 Å². The number of aliphatic hydroxyl groups excluding tert-OH is 1. The first kappa shape index (κ1) is 14.0. The molecule has 1 amide bonds. The molecule has 0 saturated heterocycles. The maximum atomic E-state index is 12.2. The Morgan fingerprint density at radius 3 is 3.16 bits per heavy atom. The number of carbonyl (C=O) groups is 1. The van der Waals surface area contributed by atoms with Gasteiger partial charge in [0, 0.05) is 25.3 Å². The number of fused-ring (bicyclic) bond motifs is 1. The maximum absolute atomic E-state index is 12.2. The quantitative estimate of drug-likeness (QED) is 0.744. The molecule has 1 heterocycles. The summed E-state index contributed by atoms with van der Waals surface area (Å²) < 4.78 is 0. The fraction of sp³-hybridized carbons (Fsp3) is 0.533. The Bertz CT molecular complexity index is 446. The van der Waals surface area contributed by atoms with E-state index in [1.807, 2.05) is 19.1 Å². The molecule has 0 aliphatic carbocycles. The Labute approximate surface area is 114 Å². The predicted molar refractivity (Wildman–Crippen MR) is 75.1 cm³/mol. The third kappa shape index (κ3) is 3.55. The van der Waals surface area contributed by atoms with Crippen LogP contribution in [0.2, 0.25) is 0 Å². The van der Waals surface area contributed by atoms with Crippen LogP contribution < -0.4 is 10.6 Å². The fourth-order valence-electron chi connectivity index (χ4n) is 2.43. The van der Waals surface area contributed by atoms with Crippen molar-refractivity contribution in [2.24, 2.45) is 5.92 Å². The molecule has 0 saturated carbocycles. The molecular formula is C15H22N2O2. The number of hydrogen-bond acceptors (Lipinski definition) is 3. The second-order valence-corrected chi connectivity index (χ2v) is 5.20. The topological polar surface area (TPSA) is 61.4 Å². The van der Waals surface area contributed by atoms with Crippen molar-refractivity contribution in [3.63, 3.8) is 0 Å². The second-order valence-electron chi connectivity index (χ2n) is 5.20. The normalized spacial score (nSPS) is 15.7. The number of amides is 1. The van der Waals surface area contributed by atoms with Crippen LogP contribution in [0.4, 0.5) is 0 Å². The number of aliphatic hydroxyl groups is 1. The van der Waals surface area contributed by atoms with E-state index in [1.54, 1.807) is 0 Å². The summed E-state index contributed by atoms with van der Waals surface area (Å²) in [6.45, 7) is 4.58. The summed E-state index contributed by atoms with van der Waals surface area (Å²) in [6.07, 6.45) is 1.63. The minimum Gasteiger partial charge on any atom is -0.396 e. The Kier molecular flexibility index (Phi) is 4.93. The summed E-state index contributed by atoms with van der Waals surface area (Å²) in [7, 11) is 0. The van der Waals surface area contributed by atoms with E-state index >= 15 is 0 Å². The van der Waals surface area contributed by atoms with E-state index in [0.717, 1.165) is 31.5 Å². The van der Waals surface area contributed by atoms with Crippen LogP contribution >= 0.6 is 0 Å². The molecule has 1 atom stereocenters. The van der Waals surface area contributed by atoms with Gasteiger partial charge in [-0.2, -0.15) is 0 Å². The number of benzene rings is 1. The molecule has 0 fully saturated rings. The van der Waals surface area contributed by atoms with Gasteiger partial charge in [0.25, 0.3) is 5.91 Å². The molecule has 0 spiro atoms. The lowest BCUT2D eigenvalue weighted by atomic mass is 9.95. The number of nitrogens with one attached hydrogen (secondary N) is 2. The van der Waals surface area contributed by atoms with Gasteiger partial charge in [0.1, 0.15) is 0 Å². The van der Waals surface area contributed by atoms with Crippen LogP contribution in [0.1, 0.15) is 34.8 Å². The van der Waals surface area contributed by atoms with Gasteiger partial charge in [-0.15, -0.1) is 0 Å².